The van der Waals surface area contributed by atoms with Crippen LogP contribution in [-0.2, 0) is 11.3 Å². The molecule has 1 aliphatic rings. The first-order valence-electron chi connectivity index (χ1n) is 6.98. The van der Waals surface area contributed by atoms with E-state index in [2.05, 4.69) is 0 Å². The molecule has 5 heteroatoms. The third-order valence-electron chi connectivity index (χ3n) is 3.46. The Morgan fingerprint density at radius 3 is 2.70 bits per heavy atom. The third-order valence-corrected chi connectivity index (χ3v) is 3.46. The summed E-state index contributed by atoms with van der Waals surface area (Å²) < 4.78 is 10.9. The third kappa shape index (κ3) is 3.42. The lowest BCUT2D eigenvalue weighted by molar-refractivity contribution is -0.133. The number of likely N-dealkylation sites (N-methyl/N-ethyl adjacent to an activating group) is 1. The molecule has 0 aromatic heterocycles. The zero-order chi connectivity index (χ0) is 14.5. The summed E-state index contributed by atoms with van der Waals surface area (Å²) in [6.07, 6.45) is 2.21. The molecule has 0 unspecified atom stereocenters. The minimum absolute atomic E-state index is 0.0233. The van der Waals surface area contributed by atoms with Crippen LogP contribution in [0, 0.1) is 0 Å². The van der Waals surface area contributed by atoms with Crippen molar-refractivity contribution >= 4 is 5.91 Å². The zero-order valence-corrected chi connectivity index (χ0v) is 12.1. The van der Waals surface area contributed by atoms with E-state index in [1.807, 2.05) is 24.0 Å². The maximum atomic E-state index is 12.1. The van der Waals surface area contributed by atoms with Crippen LogP contribution in [0.25, 0.3) is 0 Å². The zero-order valence-electron chi connectivity index (χ0n) is 12.1. The first-order chi connectivity index (χ1) is 9.69. The molecule has 20 heavy (non-hydrogen) atoms. The molecule has 0 radical (unpaired) electrons. The second kappa shape index (κ2) is 6.61. The maximum Gasteiger partial charge on any atom is 0.260 e. The van der Waals surface area contributed by atoms with Gasteiger partial charge in [0.15, 0.2) is 18.1 Å². The number of rotatable bonds is 7. The molecule has 110 valence electrons. The van der Waals surface area contributed by atoms with Gasteiger partial charge in [0.05, 0.1) is 7.11 Å². The van der Waals surface area contributed by atoms with Crippen molar-refractivity contribution in [2.75, 3.05) is 20.3 Å². The van der Waals surface area contributed by atoms with E-state index in [0.717, 1.165) is 24.9 Å². The predicted octanol–water partition coefficient (Wildman–Crippen LogP) is 1.54. The Hall–Kier alpha value is -1.75. The molecule has 0 bridgehead atoms. The first-order valence-corrected chi connectivity index (χ1v) is 6.98. The molecule has 2 rings (SSSR count). The van der Waals surface area contributed by atoms with Crippen LogP contribution in [0.1, 0.15) is 25.3 Å². The lowest BCUT2D eigenvalue weighted by Crippen LogP contribution is -2.36. The van der Waals surface area contributed by atoms with Gasteiger partial charge in [-0.1, -0.05) is 6.07 Å². The van der Waals surface area contributed by atoms with Crippen LogP contribution in [0.15, 0.2) is 18.2 Å². The van der Waals surface area contributed by atoms with Crippen LogP contribution < -0.4 is 15.2 Å². The number of hydrogen-bond donors (Lipinski definition) is 1. The lowest BCUT2D eigenvalue weighted by Gasteiger charge is -2.20. The molecule has 1 saturated carbocycles. The van der Waals surface area contributed by atoms with E-state index in [9.17, 15) is 4.79 Å². The van der Waals surface area contributed by atoms with Gasteiger partial charge in [0.2, 0.25) is 0 Å². The summed E-state index contributed by atoms with van der Waals surface area (Å²) in [4.78, 5) is 14.0. The van der Waals surface area contributed by atoms with Gasteiger partial charge in [-0.15, -0.1) is 0 Å². The van der Waals surface area contributed by atoms with Crippen LogP contribution in [0.5, 0.6) is 11.5 Å². The van der Waals surface area contributed by atoms with Crippen LogP contribution in [0.4, 0.5) is 0 Å². The topological polar surface area (TPSA) is 64.8 Å². The molecule has 1 amide bonds. The average molecular weight is 278 g/mol. The Morgan fingerprint density at radius 2 is 2.15 bits per heavy atom. The quantitative estimate of drug-likeness (QED) is 0.821. The van der Waals surface area contributed by atoms with Crippen molar-refractivity contribution in [3.05, 3.63) is 23.8 Å². The molecule has 1 fully saturated rings. The highest BCUT2D eigenvalue weighted by Crippen LogP contribution is 2.29. The first kappa shape index (κ1) is 14.7. The van der Waals surface area contributed by atoms with Crippen LogP contribution in [-0.4, -0.2) is 37.1 Å². The SMILES string of the molecule is CCN(C(=O)COc1cc(CN)ccc1OC)C1CC1. The summed E-state index contributed by atoms with van der Waals surface area (Å²) in [6.45, 7) is 3.19. The molecule has 1 aromatic carbocycles. The fourth-order valence-electron chi connectivity index (χ4n) is 2.21. The van der Waals surface area contributed by atoms with Crippen LogP contribution in [0.3, 0.4) is 0 Å². The van der Waals surface area contributed by atoms with Gasteiger partial charge in [0.1, 0.15) is 0 Å². The fourth-order valence-corrected chi connectivity index (χ4v) is 2.21. The molecule has 0 aliphatic heterocycles. The van der Waals surface area contributed by atoms with Crippen molar-refractivity contribution in [3.8, 4) is 11.5 Å². The van der Waals surface area contributed by atoms with Crippen LogP contribution >= 0.6 is 0 Å². The van der Waals surface area contributed by atoms with Crippen molar-refractivity contribution in [2.24, 2.45) is 5.73 Å². The molecule has 0 heterocycles. The largest absolute Gasteiger partial charge is 0.493 e. The van der Waals surface area contributed by atoms with E-state index in [4.69, 9.17) is 15.2 Å². The molecule has 0 spiro atoms. The molecule has 0 atom stereocenters. The Balaban J connectivity index is 2.00. The number of nitrogens with two attached hydrogens (primary N) is 1. The summed E-state index contributed by atoms with van der Waals surface area (Å²) in [5.74, 6) is 1.20. The normalized spacial score (nSPS) is 13.9. The molecule has 5 nitrogen and oxygen atoms in total. The molecule has 0 saturated heterocycles. The van der Waals surface area contributed by atoms with E-state index >= 15 is 0 Å². The van der Waals surface area contributed by atoms with Gasteiger partial charge in [-0.3, -0.25) is 4.79 Å². The number of hydrogen-bond acceptors (Lipinski definition) is 4. The predicted molar refractivity (Wildman–Crippen MR) is 76.8 cm³/mol. The maximum absolute atomic E-state index is 12.1. The number of amides is 1. The number of nitrogens with zero attached hydrogens (tertiary/aromatic N) is 1. The Bertz CT molecular complexity index is 472. The monoisotopic (exact) mass is 278 g/mol. The van der Waals surface area contributed by atoms with E-state index in [1.165, 1.54) is 0 Å². The minimum atomic E-state index is 0.0233. The van der Waals surface area contributed by atoms with Gasteiger partial charge in [-0.2, -0.15) is 0 Å². The molecule has 2 N–H and O–H groups in total. The van der Waals surface area contributed by atoms with Crippen molar-refractivity contribution in [1.82, 2.24) is 4.90 Å². The highest BCUT2D eigenvalue weighted by Gasteiger charge is 2.31. The highest BCUT2D eigenvalue weighted by molar-refractivity contribution is 5.78. The number of carbonyl (C=O) groups is 1. The van der Waals surface area contributed by atoms with Gasteiger partial charge < -0.3 is 20.1 Å². The molecular formula is C15H22N2O3. The Morgan fingerprint density at radius 1 is 1.40 bits per heavy atom. The van der Waals surface area contributed by atoms with E-state index in [0.29, 0.717) is 24.1 Å². The summed E-state index contributed by atoms with van der Waals surface area (Å²) in [5.41, 5.74) is 6.56. The average Bonchev–Trinajstić information content (AvgIpc) is 3.30. The number of carbonyl (C=O) groups excluding carboxylic acids is 1. The number of methoxy groups -OCH3 is 1. The lowest BCUT2D eigenvalue weighted by atomic mass is 10.2. The summed E-state index contributed by atoms with van der Waals surface area (Å²) >= 11 is 0. The highest BCUT2D eigenvalue weighted by atomic mass is 16.5. The summed E-state index contributed by atoms with van der Waals surface area (Å²) in [7, 11) is 1.58. The number of ether oxygens (including phenoxy) is 2. The van der Waals surface area contributed by atoms with E-state index in [-0.39, 0.29) is 12.5 Å². The Labute approximate surface area is 119 Å². The van der Waals surface area contributed by atoms with Gasteiger partial charge in [0, 0.05) is 19.1 Å². The van der Waals surface area contributed by atoms with Crippen molar-refractivity contribution < 1.29 is 14.3 Å². The molecular weight excluding hydrogens is 256 g/mol. The summed E-state index contributed by atoms with van der Waals surface area (Å²) in [5, 5.41) is 0. The fraction of sp³-hybridized carbons (Fsp3) is 0.533. The van der Waals surface area contributed by atoms with E-state index in [1.54, 1.807) is 13.2 Å². The van der Waals surface area contributed by atoms with Crippen molar-refractivity contribution in [1.29, 1.82) is 0 Å². The summed E-state index contributed by atoms with van der Waals surface area (Å²) in [6, 6.07) is 5.92. The second-order valence-corrected chi connectivity index (χ2v) is 4.89. The van der Waals surface area contributed by atoms with Gasteiger partial charge in [-0.25, -0.2) is 0 Å². The van der Waals surface area contributed by atoms with E-state index < -0.39 is 0 Å². The minimum Gasteiger partial charge on any atom is -0.493 e. The van der Waals surface area contributed by atoms with Gasteiger partial charge >= 0.3 is 0 Å². The van der Waals surface area contributed by atoms with Crippen LogP contribution in [0.2, 0.25) is 0 Å². The standard InChI is InChI=1S/C15H22N2O3/c1-3-17(12-5-6-12)15(18)10-20-14-8-11(9-16)4-7-13(14)19-2/h4,7-8,12H,3,5-6,9-10,16H2,1-2H3. The molecule has 1 aromatic rings. The van der Waals surface area contributed by atoms with Gasteiger partial charge in [-0.05, 0) is 37.5 Å². The Kier molecular flexibility index (Phi) is 4.84. The van der Waals surface area contributed by atoms with Crippen molar-refractivity contribution in [3.63, 3.8) is 0 Å². The van der Waals surface area contributed by atoms with Gasteiger partial charge in [0.25, 0.3) is 5.91 Å². The molecule has 1 aliphatic carbocycles. The smallest absolute Gasteiger partial charge is 0.260 e. The second-order valence-electron chi connectivity index (χ2n) is 4.89. The van der Waals surface area contributed by atoms with Crippen molar-refractivity contribution in [2.45, 2.75) is 32.4 Å². The number of benzene rings is 1.